The molecule has 2 rings (SSSR count). The molecule has 1 aliphatic carbocycles. The van der Waals surface area contributed by atoms with E-state index in [0.29, 0.717) is 6.61 Å². The summed E-state index contributed by atoms with van der Waals surface area (Å²) in [6.45, 7) is 5.36. The molecule has 0 spiro atoms. The summed E-state index contributed by atoms with van der Waals surface area (Å²) in [5.41, 5.74) is 0.963. The Morgan fingerprint density at radius 3 is 3.00 bits per heavy atom. The number of ether oxygens (including phenoxy) is 1. The van der Waals surface area contributed by atoms with Gasteiger partial charge in [-0.3, -0.25) is 0 Å². The molecule has 108 valence electrons. The molecule has 0 radical (unpaired) electrons. The van der Waals surface area contributed by atoms with E-state index in [-0.39, 0.29) is 0 Å². The van der Waals surface area contributed by atoms with Gasteiger partial charge in [-0.25, -0.2) is 0 Å². The zero-order valence-corrected chi connectivity index (χ0v) is 12.0. The molecule has 4 nitrogen and oxygen atoms in total. The summed E-state index contributed by atoms with van der Waals surface area (Å²) < 4.78 is 11.0. The fourth-order valence-electron chi connectivity index (χ4n) is 2.58. The lowest BCUT2D eigenvalue weighted by atomic mass is 9.90. The Morgan fingerprint density at radius 1 is 1.37 bits per heavy atom. The van der Waals surface area contributed by atoms with E-state index in [1.807, 2.05) is 6.07 Å². The summed E-state index contributed by atoms with van der Waals surface area (Å²) in [5.74, 6) is 1.59. The Labute approximate surface area is 115 Å². The van der Waals surface area contributed by atoms with Gasteiger partial charge in [0.05, 0.1) is 5.69 Å². The maximum absolute atomic E-state index is 5.74. The zero-order valence-electron chi connectivity index (χ0n) is 12.0. The normalized spacial score (nSPS) is 16.9. The molecule has 0 aliphatic heterocycles. The van der Waals surface area contributed by atoms with Gasteiger partial charge in [0.1, 0.15) is 6.61 Å². The lowest BCUT2D eigenvalue weighted by molar-refractivity contribution is 0.0606. The fourth-order valence-corrected chi connectivity index (χ4v) is 2.58. The van der Waals surface area contributed by atoms with Crippen molar-refractivity contribution in [3.63, 3.8) is 0 Å². The minimum Gasteiger partial charge on any atom is -0.373 e. The minimum absolute atomic E-state index is 0.553. The third-order valence-electron chi connectivity index (χ3n) is 3.66. The summed E-state index contributed by atoms with van der Waals surface area (Å²) >= 11 is 0. The van der Waals surface area contributed by atoms with Gasteiger partial charge in [-0.05, 0) is 31.7 Å². The highest BCUT2D eigenvalue weighted by atomic mass is 16.5. The van der Waals surface area contributed by atoms with E-state index in [9.17, 15) is 0 Å². The number of aromatic nitrogens is 1. The molecule has 1 saturated carbocycles. The van der Waals surface area contributed by atoms with Crippen LogP contribution in [0.5, 0.6) is 0 Å². The smallest absolute Gasteiger partial charge is 0.162 e. The van der Waals surface area contributed by atoms with Crippen LogP contribution in [0.4, 0.5) is 0 Å². The van der Waals surface area contributed by atoms with Gasteiger partial charge in [0.25, 0.3) is 0 Å². The first-order valence-corrected chi connectivity index (χ1v) is 7.61. The molecule has 1 heterocycles. The summed E-state index contributed by atoms with van der Waals surface area (Å²) in [6, 6.07) is 1.99. The van der Waals surface area contributed by atoms with Gasteiger partial charge in [-0.15, -0.1) is 0 Å². The second kappa shape index (κ2) is 8.33. The number of hydrogen-bond donors (Lipinski definition) is 1. The average Bonchev–Trinajstić information content (AvgIpc) is 2.88. The molecular formula is C15H26N2O2. The molecular weight excluding hydrogens is 240 g/mol. The summed E-state index contributed by atoms with van der Waals surface area (Å²) in [4.78, 5) is 0. The molecule has 0 aromatic carbocycles. The molecule has 1 fully saturated rings. The average molecular weight is 266 g/mol. The highest BCUT2D eigenvalue weighted by Gasteiger charge is 2.13. The summed E-state index contributed by atoms with van der Waals surface area (Å²) in [7, 11) is 0. The monoisotopic (exact) mass is 266 g/mol. The van der Waals surface area contributed by atoms with Gasteiger partial charge in [0.2, 0.25) is 0 Å². The third kappa shape index (κ3) is 5.33. The Bertz CT molecular complexity index is 346. The van der Waals surface area contributed by atoms with Crippen molar-refractivity contribution in [1.29, 1.82) is 0 Å². The molecule has 4 heteroatoms. The third-order valence-corrected chi connectivity index (χ3v) is 3.66. The number of rotatable bonds is 8. The van der Waals surface area contributed by atoms with E-state index in [2.05, 4.69) is 17.4 Å². The second-order valence-electron chi connectivity index (χ2n) is 5.48. The molecule has 1 aromatic heterocycles. The number of nitrogens with zero attached hydrogens (tertiary/aromatic N) is 1. The predicted molar refractivity (Wildman–Crippen MR) is 74.7 cm³/mol. The molecule has 1 aliphatic rings. The number of nitrogens with one attached hydrogen (secondary N) is 1. The van der Waals surface area contributed by atoms with Gasteiger partial charge >= 0.3 is 0 Å². The largest absolute Gasteiger partial charge is 0.373 e. The lowest BCUT2D eigenvalue weighted by Gasteiger charge is -2.20. The Kier molecular flexibility index (Phi) is 6.37. The van der Waals surface area contributed by atoms with E-state index in [0.717, 1.165) is 43.5 Å². The summed E-state index contributed by atoms with van der Waals surface area (Å²) in [5, 5.41) is 7.35. The van der Waals surface area contributed by atoms with Gasteiger partial charge in [0.15, 0.2) is 5.76 Å². The van der Waals surface area contributed by atoms with Crippen LogP contribution < -0.4 is 5.32 Å². The van der Waals surface area contributed by atoms with Crippen LogP contribution in [-0.4, -0.2) is 18.3 Å². The van der Waals surface area contributed by atoms with Crippen molar-refractivity contribution >= 4 is 0 Å². The van der Waals surface area contributed by atoms with E-state index in [1.54, 1.807) is 0 Å². The van der Waals surface area contributed by atoms with Crippen LogP contribution in [0.15, 0.2) is 10.6 Å². The standard InChI is InChI=1S/C15H26N2O2/c1-2-8-16-10-14-9-15(19-17-14)12-18-11-13-6-4-3-5-7-13/h9,13,16H,2-8,10-12H2,1H3. The summed E-state index contributed by atoms with van der Waals surface area (Å²) in [6.07, 6.45) is 7.90. The minimum atomic E-state index is 0.553. The lowest BCUT2D eigenvalue weighted by Crippen LogP contribution is -2.14. The zero-order chi connectivity index (χ0) is 13.3. The van der Waals surface area contributed by atoms with Crippen molar-refractivity contribution in [3.05, 3.63) is 17.5 Å². The second-order valence-corrected chi connectivity index (χ2v) is 5.48. The van der Waals surface area contributed by atoms with Crippen LogP contribution in [0.25, 0.3) is 0 Å². The van der Waals surface area contributed by atoms with Crippen LogP contribution in [-0.2, 0) is 17.9 Å². The van der Waals surface area contributed by atoms with Gasteiger partial charge in [-0.1, -0.05) is 31.3 Å². The Balaban J connectivity index is 1.62. The first-order valence-electron chi connectivity index (χ1n) is 7.61. The molecule has 0 amide bonds. The van der Waals surface area contributed by atoms with Crippen LogP contribution in [0.3, 0.4) is 0 Å². The van der Waals surface area contributed by atoms with E-state index >= 15 is 0 Å². The Hall–Kier alpha value is -0.870. The molecule has 1 N–H and O–H groups in total. The molecule has 0 unspecified atom stereocenters. The van der Waals surface area contributed by atoms with Gasteiger partial charge in [0, 0.05) is 19.2 Å². The van der Waals surface area contributed by atoms with E-state index in [4.69, 9.17) is 9.26 Å². The highest BCUT2D eigenvalue weighted by Crippen LogP contribution is 2.23. The molecule has 19 heavy (non-hydrogen) atoms. The van der Waals surface area contributed by atoms with Crippen LogP contribution in [0, 0.1) is 5.92 Å². The fraction of sp³-hybridized carbons (Fsp3) is 0.800. The van der Waals surface area contributed by atoms with E-state index < -0.39 is 0 Å². The molecule has 1 aromatic rings. The van der Waals surface area contributed by atoms with Gasteiger partial charge in [-0.2, -0.15) is 0 Å². The topological polar surface area (TPSA) is 47.3 Å². The predicted octanol–water partition coefficient (Wildman–Crippen LogP) is 3.27. The van der Waals surface area contributed by atoms with Crippen LogP contribution >= 0.6 is 0 Å². The van der Waals surface area contributed by atoms with Gasteiger partial charge < -0.3 is 14.6 Å². The van der Waals surface area contributed by atoms with Crippen LogP contribution in [0.2, 0.25) is 0 Å². The van der Waals surface area contributed by atoms with Crippen molar-refractivity contribution < 1.29 is 9.26 Å². The molecule has 0 bridgehead atoms. The number of hydrogen-bond acceptors (Lipinski definition) is 4. The maximum Gasteiger partial charge on any atom is 0.162 e. The van der Waals surface area contributed by atoms with Crippen LogP contribution in [0.1, 0.15) is 56.9 Å². The molecule has 0 saturated heterocycles. The van der Waals surface area contributed by atoms with Crippen molar-refractivity contribution in [2.45, 2.75) is 58.6 Å². The molecule has 0 atom stereocenters. The van der Waals surface area contributed by atoms with Crippen molar-refractivity contribution in [2.24, 2.45) is 5.92 Å². The van der Waals surface area contributed by atoms with Crippen molar-refractivity contribution in [2.75, 3.05) is 13.2 Å². The Morgan fingerprint density at radius 2 is 2.21 bits per heavy atom. The maximum atomic E-state index is 5.74. The first kappa shape index (κ1) is 14.5. The van der Waals surface area contributed by atoms with E-state index in [1.165, 1.54) is 32.1 Å². The SMILES string of the molecule is CCCNCc1cc(COCC2CCCCC2)on1. The van der Waals surface area contributed by atoms with Crippen molar-refractivity contribution in [3.8, 4) is 0 Å². The van der Waals surface area contributed by atoms with Crippen molar-refractivity contribution in [1.82, 2.24) is 10.5 Å². The highest BCUT2D eigenvalue weighted by molar-refractivity contribution is 5.04. The quantitative estimate of drug-likeness (QED) is 0.734. The first-order chi connectivity index (χ1) is 9.38.